The van der Waals surface area contributed by atoms with Gasteiger partial charge in [-0.3, -0.25) is 0 Å². The van der Waals surface area contributed by atoms with Gasteiger partial charge in [-0.25, -0.2) is 18.3 Å². The molecule has 0 unspecified atom stereocenters. The molecule has 0 saturated heterocycles. The summed E-state index contributed by atoms with van der Waals surface area (Å²) < 4.78 is 27.9. The summed E-state index contributed by atoms with van der Waals surface area (Å²) in [6.07, 6.45) is 3.12. The quantitative estimate of drug-likeness (QED) is 0.805. The molecule has 0 bridgehead atoms. The molecule has 0 aliphatic carbocycles. The Kier molecular flexibility index (Phi) is 3.42. The van der Waals surface area contributed by atoms with Crippen LogP contribution in [0.25, 0.3) is 16.8 Å². The number of carboxylic acids is 1. The lowest BCUT2D eigenvalue weighted by atomic mass is 10.1. The largest absolute Gasteiger partial charge is 0.478 e. The van der Waals surface area contributed by atoms with Gasteiger partial charge in [0, 0.05) is 17.8 Å². The van der Waals surface area contributed by atoms with Crippen LogP contribution >= 0.6 is 0 Å². The van der Waals surface area contributed by atoms with E-state index in [1.165, 1.54) is 29.1 Å². The second kappa shape index (κ2) is 5.40. The van der Waals surface area contributed by atoms with E-state index < -0.39 is 17.6 Å². The molecule has 0 radical (unpaired) electrons. The second-order valence-corrected chi connectivity index (χ2v) is 4.65. The maximum Gasteiger partial charge on any atom is 0.335 e. The Hall–Kier alpha value is -3.02. The second-order valence-electron chi connectivity index (χ2n) is 4.65. The Balaban J connectivity index is 1.95. The third kappa shape index (κ3) is 2.58. The van der Waals surface area contributed by atoms with E-state index in [9.17, 15) is 13.6 Å². The van der Waals surface area contributed by atoms with Crippen molar-refractivity contribution < 1.29 is 18.7 Å². The smallest absolute Gasteiger partial charge is 0.335 e. The summed E-state index contributed by atoms with van der Waals surface area (Å²) in [5, 5.41) is 12.9. The molecule has 0 aliphatic heterocycles. The van der Waals surface area contributed by atoms with E-state index in [0.29, 0.717) is 5.56 Å². The van der Waals surface area contributed by atoms with Crippen molar-refractivity contribution in [2.24, 2.45) is 0 Å². The van der Waals surface area contributed by atoms with Crippen LogP contribution in [-0.4, -0.2) is 20.9 Å². The van der Waals surface area contributed by atoms with Crippen molar-refractivity contribution in [3.05, 3.63) is 72.1 Å². The molecule has 110 valence electrons. The van der Waals surface area contributed by atoms with Gasteiger partial charge >= 0.3 is 5.97 Å². The highest BCUT2D eigenvalue weighted by molar-refractivity contribution is 5.88. The third-order valence-electron chi connectivity index (χ3n) is 3.20. The average Bonchev–Trinajstić information content (AvgIpc) is 2.97. The summed E-state index contributed by atoms with van der Waals surface area (Å²) >= 11 is 0. The number of nitrogens with zero attached hydrogens (tertiary/aromatic N) is 2. The van der Waals surface area contributed by atoms with Gasteiger partial charge in [-0.1, -0.05) is 12.1 Å². The zero-order chi connectivity index (χ0) is 15.7. The van der Waals surface area contributed by atoms with Gasteiger partial charge in [0.05, 0.1) is 11.8 Å². The highest BCUT2D eigenvalue weighted by Gasteiger charge is 2.09. The number of rotatable bonds is 3. The summed E-state index contributed by atoms with van der Waals surface area (Å²) in [7, 11) is 0. The van der Waals surface area contributed by atoms with Crippen molar-refractivity contribution in [1.29, 1.82) is 0 Å². The average molecular weight is 300 g/mol. The molecule has 0 aliphatic rings. The maximum atomic E-state index is 13.7. The SMILES string of the molecule is O=C(O)c1ccc(-c2cnn(-c3ccc(F)cc3F)c2)cc1. The molecule has 0 spiro atoms. The van der Waals surface area contributed by atoms with Crippen molar-refractivity contribution in [3.63, 3.8) is 0 Å². The number of halogens is 2. The molecular weight excluding hydrogens is 290 g/mol. The molecule has 1 N–H and O–H groups in total. The van der Waals surface area contributed by atoms with E-state index in [4.69, 9.17) is 5.11 Å². The Labute approximate surface area is 124 Å². The van der Waals surface area contributed by atoms with Crippen LogP contribution in [0.1, 0.15) is 10.4 Å². The number of aromatic carboxylic acids is 1. The zero-order valence-electron chi connectivity index (χ0n) is 11.2. The molecule has 22 heavy (non-hydrogen) atoms. The lowest BCUT2D eigenvalue weighted by molar-refractivity contribution is 0.0697. The van der Waals surface area contributed by atoms with E-state index >= 15 is 0 Å². The van der Waals surface area contributed by atoms with Crippen LogP contribution in [0.2, 0.25) is 0 Å². The normalized spacial score (nSPS) is 10.6. The van der Waals surface area contributed by atoms with Crippen LogP contribution in [-0.2, 0) is 0 Å². The van der Waals surface area contributed by atoms with Gasteiger partial charge in [-0.05, 0) is 29.8 Å². The summed E-state index contributed by atoms with van der Waals surface area (Å²) in [6.45, 7) is 0. The molecule has 1 aromatic heterocycles. The first kappa shape index (κ1) is 13.9. The van der Waals surface area contributed by atoms with Crippen LogP contribution in [0.5, 0.6) is 0 Å². The minimum absolute atomic E-state index is 0.134. The van der Waals surface area contributed by atoms with Crippen molar-refractivity contribution in [3.8, 4) is 16.8 Å². The lowest BCUT2D eigenvalue weighted by Crippen LogP contribution is -1.98. The zero-order valence-corrected chi connectivity index (χ0v) is 11.2. The van der Waals surface area contributed by atoms with E-state index in [1.807, 2.05) is 0 Å². The number of carboxylic acid groups (broad SMARTS) is 1. The minimum atomic E-state index is -1.00. The Morgan fingerprint density at radius 3 is 2.41 bits per heavy atom. The molecule has 0 atom stereocenters. The van der Waals surface area contributed by atoms with Crippen molar-refractivity contribution in [1.82, 2.24) is 9.78 Å². The van der Waals surface area contributed by atoms with Crippen LogP contribution in [0, 0.1) is 11.6 Å². The number of hydrogen-bond acceptors (Lipinski definition) is 2. The molecular formula is C16H10F2N2O2. The molecule has 0 amide bonds. The fourth-order valence-electron chi connectivity index (χ4n) is 2.08. The number of benzene rings is 2. The summed E-state index contributed by atoms with van der Waals surface area (Å²) in [4.78, 5) is 10.8. The van der Waals surface area contributed by atoms with Crippen LogP contribution in [0.3, 0.4) is 0 Å². The van der Waals surface area contributed by atoms with Crippen LogP contribution < -0.4 is 0 Å². The number of aromatic nitrogens is 2. The Morgan fingerprint density at radius 1 is 1.05 bits per heavy atom. The monoisotopic (exact) mass is 300 g/mol. The third-order valence-corrected chi connectivity index (χ3v) is 3.20. The molecule has 2 aromatic carbocycles. The topological polar surface area (TPSA) is 55.1 Å². The Morgan fingerprint density at radius 2 is 1.77 bits per heavy atom. The Bertz CT molecular complexity index is 842. The van der Waals surface area contributed by atoms with Crippen molar-refractivity contribution in [2.45, 2.75) is 0 Å². The van der Waals surface area contributed by atoms with Gasteiger partial charge in [-0.2, -0.15) is 5.10 Å². The molecule has 3 aromatic rings. The van der Waals surface area contributed by atoms with Gasteiger partial charge in [0.1, 0.15) is 11.5 Å². The van der Waals surface area contributed by atoms with E-state index in [1.54, 1.807) is 18.3 Å². The summed E-state index contributed by atoms with van der Waals surface area (Å²) in [6, 6.07) is 9.49. The van der Waals surface area contributed by atoms with Gasteiger partial charge in [0.25, 0.3) is 0 Å². The van der Waals surface area contributed by atoms with Gasteiger partial charge < -0.3 is 5.11 Å². The van der Waals surface area contributed by atoms with Crippen molar-refractivity contribution >= 4 is 5.97 Å². The predicted octanol–water partition coefficient (Wildman–Crippen LogP) is 3.52. The molecule has 3 rings (SSSR count). The maximum absolute atomic E-state index is 13.7. The van der Waals surface area contributed by atoms with Gasteiger partial charge in [0.15, 0.2) is 5.82 Å². The predicted molar refractivity (Wildman–Crippen MR) is 75.9 cm³/mol. The van der Waals surface area contributed by atoms with E-state index in [2.05, 4.69) is 5.10 Å². The number of carbonyl (C=O) groups is 1. The first-order chi connectivity index (χ1) is 10.5. The first-order valence-corrected chi connectivity index (χ1v) is 6.38. The summed E-state index contributed by atoms with van der Waals surface area (Å²) in [5.41, 5.74) is 1.76. The molecule has 4 nitrogen and oxygen atoms in total. The summed E-state index contributed by atoms with van der Waals surface area (Å²) in [5.74, 6) is -2.37. The van der Waals surface area contributed by atoms with Crippen LogP contribution in [0.15, 0.2) is 54.9 Å². The number of hydrogen-bond donors (Lipinski definition) is 1. The lowest BCUT2D eigenvalue weighted by Gasteiger charge is -2.02. The van der Waals surface area contributed by atoms with Gasteiger partial charge in [-0.15, -0.1) is 0 Å². The highest BCUT2D eigenvalue weighted by atomic mass is 19.1. The molecule has 1 heterocycles. The van der Waals surface area contributed by atoms with E-state index in [0.717, 1.165) is 17.7 Å². The molecule has 0 saturated carbocycles. The first-order valence-electron chi connectivity index (χ1n) is 6.38. The minimum Gasteiger partial charge on any atom is -0.478 e. The fraction of sp³-hybridized carbons (Fsp3) is 0. The highest BCUT2D eigenvalue weighted by Crippen LogP contribution is 2.22. The van der Waals surface area contributed by atoms with Crippen molar-refractivity contribution in [2.75, 3.05) is 0 Å². The molecule has 6 heteroatoms. The molecule has 0 fully saturated rings. The standard InChI is InChI=1S/C16H10F2N2O2/c17-13-5-6-15(14(18)7-13)20-9-12(8-19-20)10-1-3-11(4-2-10)16(21)22/h1-9H,(H,21,22). The van der Waals surface area contributed by atoms with E-state index in [-0.39, 0.29) is 11.3 Å². The fourth-order valence-corrected chi connectivity index (χ4v) is 2.08. The van der Waals surface area contributed by atoms with Crippen LogP contribution in [0.4, 0.5) is 8.78 Å². The van der Waals surface area contributed by atoms with Gasteiger partial charge in [0.2, 0.25) is 0 Å².